The van der Waals surface area contributed by atoms with E-state index in [1.54, 1.807) is 37.3 Å². The second kappa shape index (κ2) is 10.1. The highest BCUT2D eigenvalue weighted by molar-refractivity contribution is 8.00. The Bertz CT molecular complexity index is 799. The van der Waals surface area contributed by atoms with E-state index in [0.717, 1.165) is 4.90 Å². The molecule has 0 bridgehead atoms. The van der Waals surface area contributed by atoms with Gasteiger partial charge >= 0.3 is 0 Å². The molecule has 144 valence electrons. The van der Waals surface area contributed by atoms with Crippen LogP contribution in [0.25, 0.3) is 0 Å². The summed E-state index contributed by atoms with van der Waals surface area (Å²) < 4.78 is 10.6. The average molecular weight is 409 g/mol. The van der Waals surface area contributed by atoms with Gasteiger partial charge in [0.25, 0.3) is 11.8 Å². The topological polar surface area (TPSA) is 76.7 Å². The first kappa shape index (κ1) is 20.9. The molecule has 2 aromatic rings. The first-order chi connectivity index (χ1) is 12.9. The summed E-state index contributed by atoms with van der Waals surface area (Å²) in [6, 6.07) is 12.0. The van der Waals surface area contributed by atoms with Crippen LogP contribution < -0.4 is 20.3 Å². The fourth-order valence-electron chi connectivity index (χ4n) is 2.15. The highest BCUT2D eigenvalue weighted by Gasteiger charge is 2.16. The zero-order valence-corrected chi connectivity index (χ0v) is 16.8. The van der Waals surface area contributed by atoms with Crippen LogP contribution in [0.2, 0.25) is 5.02 Å². The number of amides is 2. The van der Waals surface area contributed by atoms with E-state index in [1.165, 1.54) is 18.9 Å². The molecule has 2 aromatic carbocycles. The van der Waals surface area contributed by atoms with E-state index < -0.39 is 11.2 Å². The Morgan fingerprint density at radius 3 is 2.44 bits per heavy atom. The first-order valence-corrected chi connectivity index (χ1v) is 9.53. The Hall–Kier alpha value is -2.38. The van der Waals surface area contributed by atoms with Crippen LogP contribution in [0.5, 0.6) is 11.5 Å². The van der Waals surface area contributed by atoms with Crippen molar-refractivity contribution in [3.63, 3.8) is 0 Å². The van der Waals surface area contributed by atoms with Crippen molar-refractivity contribution in [1.29, 1.82) is 0 Å². The van der Waals surface area contributed by atoms with Crippen molar-refractivity contribution in [2.24, 2.45) is 0 Å². The monoisotopic (exact) mass is 408 g/mol. The van der Waals surface area contributed by atoms with Crippen molar-refractivity contribution in [3.8, 4) is 11.5 Å². The molecule has 0 fully saturated rings. The number of nitrogens with one attached hydrogen (secondary N) is 2. The normalized spacial score (nSPS) is 11.4. The van der Waals surface area contributed by atoms with Crippen LogP contribution in [0.3, 0.4) is 0 Å². The van der Waals surface area contributed by atoms with Gasteiger partial charge in [0.2, 0.25) is 0 Å². The zero-order chi connectivity index (χ0) is 19.8. The summed E-state index contributed by atoms with van der Waals surface area (Å²) in [4.78, 5) is 25.4. The van der Waals surface area contributed by atoms with Crippen LogP contribution in [-0.2, 0) is 4.79 Å². The molecule has 0 unspecified atom stereocenters. The SMILES string of the molecule is CCOc1ccc(C(=O)NNC(=O)[C@@H](C)Sc2ccc(Cl)cc2)cc1OC. The van der Waals surface area contributed by atoms with Gasteiger partial charge in [-0.05, 0) is 56.3 Å². The van der Waals surface area contributed by atoms with E-state index >= 15 is 0 Å². The largest absolute Gasteiger partial charge is 0.493 e. The van der Waals surface area contributed by atoms with Crippen LogP contribution in [0.4, 0.5) is 0 Å². The maximum Gasteiger partial charge on any atom is 0.269 e. The molecule has 0 aliphatic heterocycles. The van der Waals surface area contributed by atoms with E-state index in [2.05, 4.69) is 10.9 Å². The number of carbonyl (C=O) groups excluding carboxylic acids is 2. The predicted octanol–water partition coefficient (Wildman–Crippen LogP) is 3.69. The number of hydrogen-bond donors (Lipinski definition) is 2. The summed E-state index contributed by atoms with van der Waals surface area (Å²) in [5, 5.41) is 0.232. The van der Waals surface area contributed by atoms with Crippen LogP contribution in [0.1, 0.15) is 24.2 Å². The number of hydrogen-bond acceptors (Lipinski definition) is 5. The summed E-state index contributed by atoms with van der Waals surface area (Å²) in [6.45, 7) is 4.10. The van der Waals surface area contributed by atoms with Crippen LogP contribution in [-0.4, -0.2) is 30.8 Å². The fraction of sp³-hybridized carbons (Fsp3) is 0.263. The molecular weight excluding hydrogens is 388 g/mol. The van der Waals surface area contributed by atoms with Crippen molar-refractivity contribution in [2.75, 3.05) is 13.7 Å². The maximum atomic E-state index is 12.3. The summed E-state index contributed by atoms with van der Waals surface area (Å²) in [7, 11) is 1.50. The third-order valence-electron chi connectivity index (χ3n) is 3.52. The van der Waals surface area contributed by atoms with Gasteiger partial charge in [0.05, 0.1) is 19.0 Å². The van der Waals surface area contributed by atoms with Gasteiger partial charge in [0, 0.05) is 15.5 Å². The Morgan fingerprint density at radius 1 is 1.11 bits per heavy atom. The number of thioether (sulfide) groups is 1. The lowest BCUT2D eigenvalue weighted by atomic mass is 10.2. The van der Waals surface area contributed by atoms with Crippen molar-refractivity contribution < 1.29 is 19.1 Å². The number of benzene rings is 2. The molecule has 0 spiro atoms. The Morgan fingerprint density at radius 2 is 1.81 bits per heavy atom. The van der Waals surface area contributed by atoms with Gasteiger partial charge in [0.15, 0.2) is 11.5 Å². The minimum atomic E-state index is -0.451. The van der Waals surface area contributed by atoms with Crippen molar-refractivity contribution in [1.82, 2.24) is 10.9 Å². The van der Waals surface area contributed by atoms with Gasteiger partial charge in [-0.1, -0.05) is 11.6 Å². The predicted molar refractivity (Wildman–Crippen MR) is 107 cm³/mol. The maximum absolute atomic E-state index is 12.3. The van der Waals surface area contributed by atoms with E-state index in [0.29, 0.717) is 28.7 Å². The summed E-state index contributed by atoms with van der Waals surface area (Å²) in [5.74, 6) is 0.227. The number of methoxy groups -OCH3 is 1. The molecule has 0 saturated carbocycles. The fourth-order valence-corrected chi connectivity index (χ4v) is 3.14. The molecule has 2 rings (SSSR count). The van der Waals surface area contributed by atoms with Gasteiger partial charge in [-0.15, -0.1) is 11.8 Å². The lowest BCUT2D eigenvalue weighted by Crippen LogP contribution is -2.44. The zero-order valence-electron chi connectivity index (χ0n) is 15.2. The minimum absolute atomic E-state index is 0.318. The molecule has 27 heavy (non-hydrogen) atoms. The van der Waals surface area contributed by atoms with Crippen molar-refractivity contribution in [3.05, 3.63) is 53.1 Å². The molecule has 8 heteroatoms. The number of carbonyl (C=O) groups is 2. The molecule has 2 amide bonds. The third kappa shape index (κ3) is 6.08. The van der Waals surface area contributed by atoms with Gasteiger partial charge < -0.3 is 9.47 Å². The summed E-state index contributed by atoms with van der Waals surface area (Å²) >= 11 is 7.21. The number of ether oxygens (including phenoxy) is 2. The lowest BCUT2D eigenvalue weighted by molar-refractivity contribution is -0.121. The molecule has 0 aromatic heterocycles. The quantitative estimate of drug-likeness (QED) is 0.539. The van der Waals surface area contributed by atoms with E-state index in [-0.39, 0.29) is 5.91 Å². The molecule has 0 aliphatic rings. The molecule has 6 nitrogen and oxygen atoms in total. The van der Waals surface area contributed by atoms with Crippen molar-refractivity contribution >= 4 is 35.2 Å². The second-order valence-corrected chi connectivity index (χ2v) is 7.31. The Labute approximate surface area is 167 Å². The third-order valence-corrected chi connectivity index (χ3v) is 4.88. The molecule has 0 aliphatic carbocycles. The number of rotatable bonds is 7. The molecule has 0 heterocycles. The summed E-state index contributed by atoms with van der Waals surface area (Å²) in [5.41, 5.74) is 5.18. The van der Waals surface area contributed by atoms with Gasteiger partial charge in [-0.3, -0.25) is 20.4 Å². The van der Waals surface area contributed by atoms with Gasteiger partial charge in [-0.25, -0.2) is 0 Å². The second-order valence-electron chi connectivity index (χ2n) is 5.46. The van der Waals surface area contributed by atoms with E-state index in [4.69, 9.17) is 21.1 Å². The van der Waals surface area contributed by atoms with Gasteiger partial charge in [0.1, 0.15) is 0 Å². The van der Waals surface area contributed by atoms with E-state index in [1.807, 2.05) is 19.1 Å². The van der Waals surface area contributed by atoms with Crippen LogP contribution >= 0.6 is 23.4 Å². The Kier molecular flexibility index (Phi) is 7.82. The molecular formula is C19H21ClN2O4S. The lowest BCUT2D eigenvalue weighted by Gasteiger charge is -2.14. The van der Waals surface area contributed by atoms with Crippen molar-refractivity contribution in [2.45, 2.75) is 24.0 Å². The average Bonchev–Trinajstić information content (AvgIpc) is 2.68. The van der Waals surface area contributed by atoms with Crippen LogP contribution in [0, 0.1) is 0 Å². The molecule has 1 atom stereocenters. The summed E-state index contributed by atoms with van der Waals surface area (Å²) in [6.07, 6.45) is 0. The smallest absolute Gasteiger partial charge is 0.269 e. The highest BCUT2D eigenvalue weighted by atomic mass is 35.5. The standard InChI is InChI=1S/C19H21ClN2O4S/c1-4-26-16-10-5-13(11-17(16)25-3)19(24)22-21-18(23)12(2)27-15-8-6-14(20)7-9-15/h5-12H,4H2,1-3H3,(H,21,23)(H,22,24)/t12-/m1/s1. The molecule has 0 saturated heterocycles. The molecule has 0 radical (unpaired) electrons. The Balaban J connectivity index is 1.92. The van der Waals surface area contributed by atoms with Gasteiger partial charge in [-0.2, -0.15) is 0 Å². The minimum Gasteiger partial charge on any atom is -0.493 e. The number of halogens is 1. The molecule has 2 N–H and O–H groups in total. The first-order valence-electron chi connectivity index (χ1n) is 8.27. The van der Waals surface area contributed by atoms with Crippen LogP contribution in [0.15, 0.2) is 47.4 Å². The number of hydrazine groups is 1. The highest BCUT2D eigenvalue weighted by Crippen LogP contribution is 2.28. The van der Waals surface area contributed by atoms with E-state index in [9.17, 15) is 9.59 Å².